The number of aliphatic hydroxyl groups excluding tert-OH is 1. The van der Waals surface area contributed by atoms with E-state index in [0.29, 0.717) is 25.7 Å². The molecule has 0 aliphatic heterocycles. The van der Waals surface area contributed by atoms with Gasteiger partial charge < -0.3 is 33.8 Å². The topological polar surface area (TPSA) is 237 Å². The number of unbranched alkanes of at least 4 members (excludes halogenated alkanes) is 47. The first-order valence-corrected chi connectivity index (χ1v) is 43.9. The minimum absolute atomic E-state index is 0.0856. The van der Waals surface area contributed by atoms with Crippen LogP contribution in [0.25, 0.3) is 0 Å². The van der Waals surface area contributed by atoms with Gasteiger partial charge in [-0.2, -0.15) is 0 Å². The number of phosphoric acid groups is 2. The van der Waals surface area contributed by atoms with Crippen molar-refractivity contribution in [2.24, 2.45) is 5.92 Å². The molecule has 17 nitrogen and oxygen atoms in total. The summed E-state index contributed by atoms with van der Waals surface area (Å²) in [5, 5.41) is 10.6. The van der Waals surface area contributed by atoms with E-state index in [9.17, 15) is 43.2 Å². The van der Waals surface area contributed by atoms with Crippen molar-refractivity contribution >= 4 is 39.5 Å². The molecule has 99 heavy (non-hydrogen) atoms. The molecule has 0 aliphatic rings. The van der Waals surface area contributed by atoms with Gasteiger partial charge in [0.05, 0.1) is 26.4 Å². The fourth-order valence-corrected chi connectivity index (χ4v) is 13.4. The number of aliphatic hydroxyl groups is 1. The summed E-state index contributed by atoms with van der Waals surface area (Å²) in [5.74, 6) is -1.35. The second-order valence-electron chi connectivity index (χ2n) is 28.6. The highest BCUT2D eigenvalue weighted by Crippen LogP contribution is 2.45. The quantitative estimate of drug-likeness (QED) is 0.0169. The summed E-state index contributed by atoms with van der Waals surface area (Å²) < 4.78 is 68.6. The summed E-state index contributed by atoms with van der Waals surface area (Å²) in [4.78, 5) is 73.0. The van der Waals surface area contributed by atoms with Crippen LogP contribution >= 0.6 is 15.6 Å². The molecule has 0 aromatic heterocycles. The van der Waals surface area contributed by atoms with Crippen molar-refractivity contribution < 1.29 is 80.2 Å². The fourth-order valence-electron chi connectivity index (χ4n) is 11.9. The van der Waals surface area contributed by atoms with Gasteiger partial charge in [-0.3, -0.25) is 37.3 Å². The lowest BCUT2D eigenvalue weighted by Gasteiger charge is -2.21. The normalized spacial score (nSPS) is 14.0. The molecule has 2 unspecified atom stereocenters. The minimum atomic E-state index is -4.97. The molecular weight excluding hydrogens is 1290 g/mol. The number of rotatable bonds is 78. The molecule has 19 heteroatoms. The number of hydrogen-bond donors (Lipinski definition) is 3. The molecule has 3 N–H and O–H groups in total. The Labute approximate surface area is 605 Å². The largest absolute Gasteiger partial charge is 0.472 e. The molecule has 584 valence electrons. The van der Waals surface area contributed by atoms with E-state index in [4.69, 9.17) is 37.0 Å². The Hall–Kier alpha value is -2.46. The predicted octanol–water partition coefficient (Wildman–Crippen LogP) is 23.6. The monoisotopic (exact) mass is 1450 g/mol. The van der Waals surface area contributed by atoms with Gasteiger partial charge in [-0.25, -0.2) is 9.13 Å². The van der Waals surface area contributed by atoms with Crippen LogP contribution in [0.2, 0.25) is 0 Å². The average molecular weight is 1450 g/mol. The minimum Gasteiger partial charge on any atom is -0.462 e. The van der Waals surface area contributed by atoms with E-state index in [0.717, 1.165) is 109 Å². The van der Waals surface area contributed by atoms with Crippen molar-refractivity contribution in [2.45, 2.75) is 419 Å². The van der Waals surface area contributed by atoms with E-state index in [2.05, 4.69) is 58.9 Å². The van der Waals surface area contributed by atoms with Gasteiger partial charge in [0.25, 0.3) is 0 Å². The van der Waals surface area contributed by atoms with Crippen molar-refractivity contribution in [3.05, 3.63) is 24.3 Å². The van der Waals surface area contributed by atoms with Gasteiger partial charge in [-0.15, -0.1) is 0 Å². The molecule has 0 radical (unpaired) electrons. The summed E-state index contributed by atoms with van der Waals surface area (Å²) in [6.07, 6.45) is 65.9. The lowest BCUT2D eigenvalue weighted by molar-refractivity contribution is -0.161. The summed E-state index contributed by atoms with van der Waals surface area (Å²) >= 11 is 0. The zero-order valence-electron chi connectivity index (χ0n) is 64.1. The fraction of sp³-hybridized carbons (Fsp3) is 0.900. The zero-order chi connectivity index (χ0) is 72.7. The molecule has 0 aromatic rings. The maximum atomic E-state index is 13.1. The van der Waals surface area contributed by atoms with Crippen molar-refractivity contribution in [3.8, 4) is 0 Å². The number of hydrogen-bond acceptors (Lipinski definition) is 15. The Morgan fingerprint density at radius 2 is 0.545 bits per heavy atom. The van der Waals surface area contributed by atoms with E-state index < -0.39 is 97.5 Å². The van der Waals surface area contributed by atoms with Gasteiger partial charge >= 0.3 is 39.5 Å². The molecule has 0 saturated heterocycles. The van der Waals surface area contributed by atoms with Gasteiger partial charge in [-0.05, 0) is 57.3 Å². The Balaban J connectivity index is 5.29. The average Bonchev–Trinajstić information content (AvgIpc) is 1.19. The van der Waals surface area contributed by atoms with E-state index in [1.807, 2.05) is 0 Å². The molecule has 0 fully saturated rings. The summed E-state index contributed by atoms with van der Waals surface area (Å²) in [5.41, 5.74) is 0. The number of phosphoric ester groups is 2. The van der Waals surface area contributed by atoms with E-state index in [-0.39, 0.29) is 25.7 Å². The molecule has 5 atom stereocenters. The molecule has 0 spiro atoms. The standard InChI is InChI=1S/C80H152O17P2/c1-6-9-12-15-18-21-24-26-28-29-31-35-41-46-51-56-61-66-80(85)97-76(70-91-78(83)64-59-54-49-44-39-36-32-33-38-42-47-52-57-62-73(4)5)72-95-99(88,89)93-68-74(81)67-92-98(86,87)94-71-75(69-90-77(82)63-58-53-48-43-37-23-20-17-14-11-8-3)96-79(84)65-60-55-50-45-40-34-30-27-25-22-19-16-13-10-7-2/h22,25,27,30,73-76,81H,6-21,23-24,26,28-29,31-72H2,1-5H3,(H,86,87)(H,88,89)/b25-22-,30-27-/t74-,75+,76+/m0/s1. The maximum absolute atomic E-state index is 13.1. The molecule has 0 rings (SSSR count). The number of carbonyl (C=O) groups excluding carboxylic acids is 4. The number of esters is 4. The smallest absolute Gasteiger partial charge is 0.462 e. The lowest BCUT2D eigenvalue weighted by atomic mass is 10.0. The molecule has 0 amide bonds. The summed E-state index contributed by atoms with van der Waals surface area (Å²) in [6.45, 7) is 7.27. The van der Waals surface area contributed by atoms with Crippen LogP contribution in [0, 0.1) is 5.92 Å². The molecule has 0 saturated carbocycles. The van der Waals surface area contributed by atoms with Gasteiger partial charge in [0.1, 0.15) is 19.3 Å². The van der Waals surface area contributed by atoms with Gasteiger partial charge in [-0.1, -0.05) is 348 Å². The zero-order valence-corrected chi connectivity index (χ0v) is 65.9. The summed E-state index contributed by atoms with van der Waals surface area (Å²) in [7, 11) is -9.93. The van der Waals surface area contributed by atoms with Crippen molar-refractivity contribution in [2.75, 3.05) is 39.6 Å². The predicted molar refractivity (Wildman–Crippen MR) is 404 cm³/mol. The molecule has 0 aromatic carbocycles. The van der Waals surface area contributed by atoms with Crippen LogP contribution in [0.1, 0.15) is 401 Å². The number of carbonyl (C=O) groups is 4. The van der Waals surface area contributed by atoms with E-state index >= 15 is 0 Å². The number of ether oxygens (including phenoxy) is 4. The second-order valence-corrected chi connectivity index (χ2v) is 31.5. The number of allylic oxidation sites excluding steroid dienone is 4. The molecule has 0 bridgehead atoms. The van der Waals surface area contributed by atoms with Crippen molar-refractivity contribution in [1.29, 1.82) is 0 Å². The first kappa shape index (κ1) is 96.5. The highest BCUT2D eigenvalue weighted by molar-refractivity contribution is 7.47. The van der Waals surface area contributed by atoms with Gasteiger partial charge in [0.15, 0.2) is 12.2 Å². The van der Waals surface area contributed by atoms with Crippen LogP contribution in [0.4, 0.5) is 0 Å². The Kier molecular flexibility index (Phi) is 70.7. The third-order valence-electron chi connectivity index (χ3n) is 18.2. The van der Waals surface area contributed by atoms with E-state index in [1.54, 1.807) is 0 Å². The van der Waals surface area contributed by atoms with Crippen LogP contribution < -0.4 is 0 Å². The van der Waals surface area contributed by atoms with Crippen LogP contribution in [-0.2, 0) is 65.4 Å². The lowest BCUT2D eigenvalue weighted by Crippen LogP contribution is -2.30. The Bertz CT molecular complexity index is 1990. The van der Waals surface area contributed by atoms with Crippen LogP contribution in [-0.4, -0.2) is 96.7 Å². The van der Waals surface area contributed by atoms with Crippen LogP contribution in [0.3, 0.4) is 0 Å². The van der Waals surface area contributed by atoms with Crippen LogP contribution in [0.5, 0.6) is 0 Å². The van der Waals surface area contributed by atoms with Crippen molar-refractivity contribution in [1.82, 2.24) is 0 Å². The van der Waals surface area contributed by atoms with Gasteiger partial charge in [0, 0.05) is 25.7 Å². The van der Waals surface area contributed by atoms with Gasteiger partial charge in [0.2, 0.25) is 0 Å². The third-order valence-corrected chi connectivity index (χ3v) is 20.1. The van der Waals surface area contributed by atoms with Crippen LogP contribution in [0.15, 0.2) is 24.3 Å². The molecule has 0 aliphatic carbocycles. The first-order valence-electron chi connectivity index (χ1n) is 41.0. The van der Waals surface area contributed by atoms with E-state index in [1.165, 1.54) is 212 Å². The van der Waals surface area contributed by atoms with Crippen molar-refractivity contribution in [3.63, 3.8) is 0 Å². The highest BCUT2D eigenvalue weighted by Gasteiger charge is 2.30. The highest BCUT2D eigenvalue weighted by atomic mass is 31.2. The molecule has 0 heterocycles. The SMILES string of the molecule is CCCCCC/C=C\C=C/CCCCCCCC(=O)O[C@H](COC(=O)CCCCCCCCCCCCC)COP(=O)(O)OC[C@H](O)COP(=O)(O)OC[C@@H](COC(=O)CCCCCCCCCCCCCCCC(C)C)OC(=O)CCCCCCCCCCCCCCCCCCC. The second kappa shape index (κ2) is 72.5. The maximum Gasteiger partial charge on any atom is 0.472 e. The molecular formula is C80H152O17P2. The first-order chi connectivity index (χ1) is 48.0. The summed E-state index contributed by atoms with van der Waals surface area (Å²) in [6, 6.07) is 0. The Morgan fingerprint density at radius 1 is 0.313 bits per heavy atom. The Morgan fingerprint density at radius 3 is 0.828 bits per heavy atom. The third kappa shape index (κ3) is 73.6.